The lowest BCUT2D eigenvalue weighted by Crippen LogP contribution is -2.57. The molecule has 6 nitrogen and oxygen atoms in total. The van der Waals surface area contributed by atoms with Crippen LogP contribution in [0.4, 0.5) is 0 Å². The average Bonchev–Trinajstić information content (AvgIpc) is 3.08. The Labute approximate surface area is 223 Å². The molecule has 4 bridgehead atoms. The largest absolute Gasteiger partial charge is 0.346 e. The van der Waals surface area contributed by atoms with Gasteiger partial charge in [0.15, 0.2) is 18.9 Å². The molecule has 3 aromatic carbocycles. The Kier molecular flexibility index (Phi) is 7.23. The summed E-state index contributed by atoms with van der Waals surface area (Å²) in [5.74, 6) is 0. The zero-order valence-corrected chi connectivity index (χ0v) is 21.2. The first kappa shape index (κ1) is 24.6. The maximum Gasteiger partial charge on any atom is 0.186 e. The molecule has 0 radical (unpaired) electrons. The summed E-state index contributed by atoms with van der Waals surface area (Å²) in [6.45, 7) is 0.340. The summed E-state index contributed by atoms with van der Waals surface area (Å²) in [6.07, 6.45) is -4.34. The van der Waals surface area contributed by atoms with E-state index in [1.54, 1.807) is 18.2 Å². The Bertz CT molecular complexity index is 1120. The first-order chi connectivity index (χ1) is 17.6. The van der Waals surface area contributed by atoms with Crippen LogP contribution in [0.15, 0.2) is 72.8 Å². The predicted molar refractivity (Wildman–Crippen MR) is 134 cm³/mol. The van der Waals surface area contributed by atoms with Crippen LogP contribution in [0.5, 0.6) is 0 Å². The first-order valence-electron chi connectivity index (χ1n) is 11.7. The van der Waals surface area contributed by atoms with Crippen molar-refractivity contribution in [1.82, 2.24) is 0 Å². The monoisotopic (exact) mass is 548 g/mol. The molecule has 0 spiro atoms. The van der Waals surface area contributed by atoms with Crippen LogP contribution in [0.3, 0.4) is 0 Å². The molecule has 3 aliphatic heterocycles. The maximum absolute atomic E-state index is 6.48. The van der Waals surface area contributed by atoms with Crippen molar-refractivity contribution >= 4 is 34.8 Å². The minimum Gasteiger partial charge on any atom is -0.346 e. The minimum atomic E-state index is -0.737. The lowest BCUT2D eigenvalue weighted by molar-refractivity contribution is -0.354. The van der Waals surface area contributed by atoms with Crippen LogP contribution in [0.1, 0.15) is 35.6 Å². The van der Waals surface area contributed by atoms with Gasteiger partial charge in [0.05, 0.1) is 13.2 Å². The Hall–Kier alpha value is -1.71. The second-order valence-electron chi connectivity index (χ2n) is 8.78. The van der Waals surface area contributed by atoms with Crippen LogP contribution in [0.25, 0.3) is 0 Å². The fourth-order valence-electron chi connectivity index (χ4n) is 4.73. The molecule has 3 heterocycles. The van der Waals surface area contributed by atoms with Gasteiger partial charge in [-0.15, -0.1) is 0 Å². The number of rotatable bonds is 3. The zero-order chi connectivity index (χ0) is 24.6. The Morgan fingerprint density at radius 2 is 0.833 bits per heavy atom. The van der Waals surface area contributed by atoms with E-state index in [-0.39, 0.29) is 13.2 Å². The third kappa shape index (κ3) is 4.78. The molecule has 3 fully saturated rings. The Morgan fingerprint density at radius 3 is 1.31 bits per heavy atom. The smallest absolute Gasteiger partial charge is 0.186 e. The molecular weight excluding hydrogens is 527 g/mol. The van der Waals surface area contributed by atoms with E-state index in [0.717, 1.165) is 5.56 Å². The highest BCUT2D eigenvalue weighted by Crippen LogP contribution is 2.44. The van der Waals surface area contributed by atoms with Gasteiger partial charge in [0.1, 0.15) is 24.4 Å². The molecule has 3 aliphatic rings. The van der Waals surface area contributed by atoms with E-state index in [1.165, 1.54) is 0 Å². The molecule has 0 aromatic heterocycles. The predicted octanol–water partition coefficient (Wildman–Crippen LogP) is 6.66. The third-order valence-electron chi connectivity index (χ3n) is 6.52. The van der Waals surface area contributed by atoms with E-state index in [1.807, 2.05) is 54.6 Å². The molecule has 3 aromatic rings. The van der Waals surface area contributed by atoms with Gasteiger partial charge >= 0.3 is 0 Å². The van der Waals surface area contributed by atoms with Crippen molar-refractivity contribution in [3.8, 4) is 0 Å². The standard InChI is InChI=1S/C27H23Cl3O6/c28-18-10-4-1-7-15(18)25-31-14-22-23-24(36-27(34-22)17-9-3-6-12-20(17)30)21(33-25)13-32-26(35-23)16-8-2-5-11-19(16)29/h1-12,21-27H,13-14H2/t21-,22+,23+,24+,25?,26?,27?/m0/s1. The van der Waals surface area contributed by atoms with E-state index in [0.29, 0.717) is 26.2 Å². The highest BCUT2D eigenvalue weighted by molar-refractivity contribution is 6.32. The van der Waals surface area contributed by atoms with Gasteiger partial charge in [0, 0.05) is 31.8 Å². The lowest BCUT2D eigenvalue weighted by Gasteiger charge is -2.45. The van der Waals surface area contributed by atoms with Crippen molar-refractivity contribution < 1.29 is 28.4 Å². The van der Waals surface area contributed by atoms with Crippen LogP contribution in [-0.2, 0) is 28.4 Å². The summed E-state index contributed by atoms with van der Waals surface area (Å²) < 4.78 is 38.2. The SMILES string of the molecule is Clc1ccccc1C1OC[C@@H]2OC(c3ccccc3Cl)OC[C@H]3OC(c4ccccc4Cl)O[C@H]2[C@@H]3O1. The fourth-order valence-corrected chi connectivity index (χ4v) is 5.40. The van der Waals surface area contributed by atoms with Crippen molar-refractivity contribution in [3.05, 3.63) is 105 Å². The van der Waals surface area contributed by atoms with Crippen LogP contribution in [0, 0.1) is 0 Å². The molecule has 36 heavy (non-hydrogen) atoms. The van der Waals surface area contributed by atoms with Crippen molar-refractivity contribution in [3.63, 3.8) is 0 Å². The number of ether oxygens (including phenoxy) is 6. The van der Waals surface area contributed by atoms with Crippen molar-refractivity contribution in [2.45, 2.75) is 43.3 Å². The lowest BCUT2D eigenvalue weighted by atomic mass is 10.00. The fraction of sp³-hybridized carbons (Fsp3) is 0.333. The normalized spacial score (nSPS) is 32.2. The molecule has 3 unspecified atom stereocenters. The summed E-state index contributed by atoms with van der Waals surface area (Å²) in [6, 6.07) is 22.3. The summed E-state index contributed by atoms with van der Waals surface area (Å²) in [5.41, 5.74) is 2.15. The van der Waals surface area contributed by atoms with E-state index >= 15 is 0 Å². The molecule has 0 saturated carbocycles. The van der Waals surface area contributed by atoms with Crippen LogP contribution in [-0.4, -0.2) is 37.6 Å². The maximum atomic E-state index is 6.48. The van der Waals surface area contributed by atoms with Crippen LogP contribution >= 0.6 is 34.8 Å². The second-order valence-corrected chi connectivity index (χ2v) is 10.00. The minimum absolute atomic E-state index is 0.170. The molecule has 3 saturated heterocycles. The molecule has 0 amide bonds. The van der Waals surface area contributed by atoms with Gasteiger partial charge in [-0.05, 0) is 18.2 Å². The number of benzene rings is 3. The molecule has 6 rings (SSSR count). The number of halogens is 3. The molecule has 9 heteroatoms. The van der Waals surface area contributed by atoms with E-state index in [2.05, 4.69) is 0 Å². The molecule has 188 valence electrons. The highest BCUT2D eigenvalue weighted by Gasteiger charge is 2.51. The van der Waals surface area contributed by atoms with Crippen molar-refractivity contribution in [1.29, 1.82) is 0 Å². The van der Waals surface area contributed by atoms with Gasteiger partial charge in [-0.2, -0.15) is 0 Å². The zero-order valence-electron chi connectivity index (χ0n) is 19.0. The average molecular weight is 550 g/mol. The first-order valence-corrected chi connectivity index (χ1v) is 12.8. The molecule has 0 N–H and O–H groups in total. The van der Waals surface area contributed by atoms with Crippen LogP contribution in [0.2, 0.25) is 15.1 Å². The van der Waals surface area contributed by atoms with E-state index in [9.17, 15) is 0 Å². The quantitative estimate of drug-likeness (QED) is 0.364. The molecular formula is C27H23Cl3O6. The van der Waals surface area contributed by atoms with Gasteiger partial charge in [-0.3, -0.25) is 0 Å². The van der Waals surface area contributed by atoms with E-state index < -0.39 is 43.3 Å². The van der Waals surface area contributed by atoms with E-state index in [4.69, 9.17) is 63.2 Å². The van der Waals surface area contributed by atoms with Gasteiger partial charge in [-0.25, -0.2) is 0 Å². The molecule has 0 aliphatic carbocycles. The summed E-state index contributed by atoms with van der Waals surface area (Å²) in [7, 11) is 0. The van der Waals surface area contributed by atoms with Gasteiger partial charge in [0.25, 0.3) is 0 Å². The second kappa shape index (κ2) is 10.6. The number of hydrogen-bond donors (Lipinski definition) is 0. The Balaban J connectivity index is 1.36. The van der Waals surface area contributed by atoms with Gasteiger partial charge in [-0.1, -0.05) is 89.4 Å². The van der Waals surface area contributed by atoms with Crippen LogP contribution < -0.4 is 0 Å². The van der Waals surface area contributed by atoms with Gasteiger partial charge in [0.2, 0.25) is 0 Å². The number of hydrogen-bond acceptors (Lipinski definition) is 6. The Morgan fingerprint density at radius 1 is 0.472 bits per heavy atom. The third-order valence-corrected chi connectivity index (χ3v) is 7.55. The topological polar surface area (TPSA) is 55.4 Å². The summed E-state index contributed by atoms with van der Waals surface area (Å²) >= 11 is 19.4. The molecule has 7 atom stereocenters. The van der Waals surface area contributed by atoms with Gasteiger partial charge < -0.3 is 28.4 Å². The van der Waals surface area contributed by atoms with Crippen molar-refractivity contribution in [2.75, 3.05) is 13.2 Å². The summed E-state index contributed by atoms with van der Waals surface area (Å²) in [4.78, 5) is 0. The summed E-state index contributed by atoms with van der Waals surface area (Å²) in [5, 5.41) is 1.63. The highest BCUT2D eigenvalue weighted by atomic mass is 35.5. The van der Waals surface area contributed by atoms with Crippen molar-refractivity contribution in [2.24, 2.45) is 0 Å².